The summed E-state index contributed by atoms with van der Waals surface area (Å²) in [6, 6.07) is 15.9. The summed E-state index contributed by atoms with van der Waals surface area (Å²) < 4.78 is 5.30. The number of nitrogens with zero attached hydrogens (tertiary/aromatic N) is 1. The van der Waals surface area contributed by atoms with Crippen LogP contribution in [-0.2, 0) is 17.8 Å². The number of nitro groups is 1. The number of nitrogens with one attached hydrogen (secondary N) is 1. The van der Waals surface area contributed by atoms with Crippen LogP contribution in [0.25, 0.3) is 10.8 Å². The number of halogens is 1. The molecule has 1 amide bonds. The number of benzene rings is 3. The fraction of sp³-hybridized carbons (Fsp3) is 0.227. The minimum absolute atomic E-state index is 0.00179. The van der Waals surface area contributed by atoms with E-state index in [1.165, 1.54) is 23.3 Å². The lowest BCUT2D eigenvalue weighted by atomic mass is 9.94. The Kier molecular flexibility index (Phi) is 5.36. The summed E-state index contributed by atoms with van der Waals surface area (Å²) in [6.45, 7) is 0.0288. The second-order valence-corrected chi connectivity index (χ2v) is 7.37. The molecule has 3 aromatic carbocycles. The van der Waals surface area contributed by atoms with Gasteiger partial charge in [-0.15, -0.1) is 11.6 Å². The van der Waals surface area contributed by atoms with E-state index in [1.54, 1.807) is 12.1 Å². The van der Waals surface area contributed by atoms with Crippen LogP contribution >= 0.6 is 11.6 Å². The molecule has 1 atom stereocenters. The summed E-state index contributed by atoms with van der Waals surface area (Å²) in [7, 11) is 0. The predicted octanol–water partition coefficient (Wildman–Crippen LogP) is 5.77. The predicted molar refractivity (Wildman–Crippen MR) is 113 cm³/mol. The van der Waals surface area contributed by atoms with E-state index in [0.717, 1.165) is 23.6 Å². The molecule has 0 saturated carbocycles. The molecule has 0 fully saturated rings. The number of hydrogen-bond acceptors (Lipinski definition) is 4. The van der Waals surface area contributed by atoms with Crippen LogP contribution in [-0.4, -0.2) is 16.9 Å². The smallest absolute Gasteiger partial charge is 0.411 e. The number of ether oxygens (including phenoxy) is 1. The van der Waals surface area contributed by atoms with Crippen LogP contribution in [0.5, 0.6) is 0 Å². The van der Waals surface area contributed by atoms with Gasteiger partial charge in [0.2, 0.25) is 0 Å². The lowest BCUT2D eigenvalue weighted by Crippen LogP contribution is -2.14. The van der Waals surface area contributed by atoms with Crippen LogP contribution in [0.4, 0.5) is 16.2 Å². The fourth-order valence-electron chi connectivity index (χ4n) is 3.89. The van der Waals surface area contributed by atoms with Gasteiger partial charge in [-0.3, -0.25) is 15.4 Å². The molecule has 3 aromatic rings. The summed E-state index contributed by atoms with van der Waals surface area (Å²) in [4.78, 5) is 22.6. The zero-order chi connectivity index (χ0) is 20.4. The van der Waals surface area contributed by atoms with Crippen molar-refractivity contribution in [1.29, 1.82) is 0 Å². The molecule has 0 radical (unpaired) electrons. The molecular weight excluding hydrogens is 392 g/mol. The number of amides is 1. The topological polar surface area (TPSA) is 81.5 Å². The SMILES string of the molecule is O=C(Nc1cc2c(c3ccccc13)[C@H](CCl)CC2)OCc1ccc([N+](=O)[O-])cc1. The Balaban J connectivity index is 1.51. The number of carbonyl (C=O) groups is 1. The normalized spacial score (nSPS) is 15.1. The number of anilines is 1. The van der Waals surface area contributed by atoms with Crippen LogP contribution in [0.3, 0.4) is 0 Å². The molecule has 29 heavy (non-hydrogen) atoms. The van der Waals surface area contributed by atoms with Gasteiger partial charge in [0.25, 0.3) is 5.69 Å². The third-order valence-corrected chi connectivity index (χ3v) is 5.65. The van der Waals surface area contributed by atoms with Crippen LogP contribution < -0.4 is 5.32 Å². The second-order valence-electron chi connectivity index (χ2n) is 7.06. The number of carbonyl (C=O) groups excluding carboxylic acids is 1. The van der Waals surface area contributed by atoms with Crippen molar-refractivity contribution in [3.8, 4) is 0 Å². The van der Waals surface area contributed by atoms with Crippen molar-refractivity contribution in [2.24, 2.45) is 0 Å². The first-order valence-corrected chi connectivity index (χ1v) is 9.88. The Morgan fingerprint density at radius 3 is 2.59 bits per heavy atom. The third kappa shape index (κ3) is 3.89. The van der Waals surface area contributed by atoms with Crippen LogP contribution in [0, 0.1) is 10.1 Å². The van der Waals surface area contributed by atoms with E-state index in [2.05, 4.69) is 11.4 Å². The monoisotopic (exact) mass is 410 g/mol. The van der Waals surface area contributed by atoms with Crippen molar-refractivity contribution in [1.82, 2.24) is 0 Å². The fourth-order valence-corrected chi connectivity index (χ4v) is 4.19. The number of alkyl halides is 1. The first-order valence-electron chi connectivity index (χ1n) is 9.34. The first-order chi connectivity index (χ1) is 14.1. The van der Waals surface area contributed by atoms with Crippen molar-refractivity contribution in [3.05, 3.63) is 81.4 Å². The highest BCUT2D eigenvalue weighted by atomic mass is 35.5. The Hall–Kier alpha value is -3.12. The van der Waals surface area contributed by atoms with Crippen molar-refractivity contribution in [2.45, 2.75) is 25.4 Å². The summed E-state index contributed by atoms with van der Waals surface area (Å²) in [5, 5.41) is 15.6. The average Bonchev–Trinajstić information content (AvgIpc) is 3.16. The highest BCUT2D eigenvalue weighted by molar-refractivity contribution is 6.18. The van der Waals surface area contributed by atoms with Crippen molar-refractivity contribution >= 4 is 39.8 Å². The largest absolute Gasteiger partial charge is 0.444 e. The Morgan fingerprint density at radius 1 is 1.17 bits per heavy atom. The molecule has 6 nitrogen and oxygen atoms in total. The maximum atomic E-state index is 12.4. The number of non-ortho nitro benzene ring substituents is 1. The van der Waals surface area contributed by atoms with Gasteiger partial charge in [-0.1, -0.05) is 24.3 Å². The molecule has 0 aliphatic heterocycles. The van der Waals surface area contributed by atoms with Gasteiger partial charge in [-0.05, 0) is 59.0 Å². The van der Waals surface area contributed by atoms with Gasteiger partial charge in [0.05, 0.1) is 10.6 Å². The Bertz CT molecular complexity index is 1080. The molecule has 148 valence electrons. The number of fused-ring (bicyclic) bond motifs is 3. The van der Waals surface area contributed by atoms with Crippen LogP contribution in [0.1, 0.15) is 29.0 Å². The maximum absolute atomic E-state index is 12.4. The molecule has 0 saturated heterocycles. The molecule has 0 spiro atoms. The summed E-state index contributed by atoms with van der Waals surface area (Å²) in [5.74, 6) is 0.917. The quantitative estimate of drug-likeness (QED) is 0.329. The van der Waals surface area contributed by atoms with E-state index >= 15 is 0 Å². The Morgan fingerprint density at radius 2 is 1.90 bits per heavy atom. The molecule has 1 aliphatic rings. The summed E-state index contributed by atoms with van der Waals surface area (Å²) in [5.41, 5.74) is 3.87. The minimum atomic E-state index is -0.569. The molecule has 0 heterocycles. The molecule has 1 aliphatic carbocycles. The van der Waals surface area contributed by atoms with E-state index < -0.39 is 11.0 Å². The molecule has 0 bridgehead atoms. The standard InChI is InChI=1S/C22H19ClN2O4/c23-12-16-8-7-15-11-20(18-3-1-2-4-19(18)21(15)16)24-22(26)29-13-14-5-9-17(10-6-14)25(27)28/h1-6,9-11,16H,7-8,12-13H2,(H,24,26)/t16-/m0/s1. The van der Waals surface area contributed by atoms with E-state index in [9.17, 15) is 14.9 Å². The van der Waals surface area contributed by atoms with Gasteiger partial charge in [-0.25, -0.2) is 4.79 Å². The van der Waals surface area contributed by atoms with Crippen LogP contribution in [0.15, 0.2) is 54.6 Å². The highest BCUT2D eigenvalue weighted by Crippen LogP contribution is 2.41. The number of nitro benzene ring substituents is 1. The van der Waals surface area contributed by atoms with Gasteiger partial charge < -0.3 is 4.74 Å². The summed E-state index contributed by atoms with van der Waals surface area (Å²) in [6.07, 6.45) is 1.38. The highest BCUT2D eigenvalue weighted by Gasteiger charge is 2.25. The summed E-state index contributed by atoms with van der Waals surface area (Å²) >= 11 is 6.16. The van der Waals surface area contributed by atoms with Crippen molar-refractivity contribution in [3.63, 3.8) is 0 Å². The van der Waals surface area contributed by atoms with Gasteiger partial charge in [0, 0.05) is 23.4 Å². The lowest BCUT2D eigenvalue weighted by molar-refractivity contribution is -0.384. The average molecular weight is 411 g/mol. The van der Waals surface area contributed by atoms with E-state index in [-0.39, 0.29) is 12.3 Å². The number of rotatable bonds is 5. The molecule has 0 unspecified atom stereocenters. The van der Waals surface area contributed by atoms with Crippen molar-refractivity contribution < 1.29 is 14.5 Å². The number of aryl methyl sites for hydroxylation is 1. The second kappa shape index (κ2) is 8.09. The van der Waals surface area contributed by atoms with Crippen molar-refractivity contribution in [2.75, 3.05) is 11.2 Å². The van der Waals surface area contributed by atoms with E-state index in [0.29, 0.717) is 23.0 Å². The van der Waals surface area contributed by atoms with Gasteiger partial charge in [0.15, 0.2) is 0 Å². The molecule has 7 heteroatoms. The maximum Gasteiger partial charge on any atom is 0.411 e. The lowest BCUT2D eigenvalue weighted by Gasteiger charge is -2.15. The van der Waals surface area contributed by atoms with Gasteiger partial charge >= 0.3 is 6.09 Å². The minimum Gasteiger partial charge on any atom is -0.444 e. The molecule has 0 aromatic heterocycles. The third-order valence-electron chi connectivity index (χ3n) is 5.28. The molecule has 4 rings (SSSR count). The zero-order valence-electron chi connectivity index (χ0n) is 15.6. The Labute approximate surface area is 172 Å². The molecular formula is C22H19ClN2O4. The first kappa shape index (κ1) is 19.2. The van der Waals surface area contributed by atoms with Gasteiger partial charge in [0.1, 0.15) is 6.61 Å². The molecule has 1 N–H and O–H groups in total. The van der Waals surface area contributed by atoms with E-state index in [1.807, 2.05) is 24.3 Å². The van der Waals surface area contributed by atoms with E-state index in [4.69, 9.17) is 16.3 Å². The van der Waals surface area contributed by atoms with Gasteiger partial charge in [-0.2, -0.15) is 0 Å². The number of hydrogen-bond donors (Lipinski definition) is 1. The zero-order valence-corrected chi connectivity index (χ0v) is 16.3. The van der Waals surface area contributed by atoms with Crippen LogP contribution in [0.2, 0.25) is 0 Å².